The third-order valence-corrected chi connectivity index (χ3v) is 10.6. The van der Waals surface area contributed by atoms with Crippen LogP contribution in [0.2, 0.25) is 0 Å². The number of hydrogen-bond acceptors (Lipinski definition) is 5. The Morgan fingerprint density at radius 1 is 1.06 bits per heavy atom. The zero-order valence-corrected chi connectivity index (χ0v) is 23.6. The van der Waals surface area contributed by atoms with Crippen LogP contribution in [0.1, 0.15) is 106 Å². The number of fused-ring (bicyclic) bond motifs is 5. The van der Waals surface area contributed by atoms with Crippen LogP contribution < -0.4 is 0 Å². The maximum absolute atomic E-state index is 12.2. The lowest BCUT2D eigenvalue weighted by Gasteiger charge is -2.59. The predicted molar refractivity (Wildman–Crippen MR) is 141 cm³/mol. The lowest BCUT2D eigenvalue weighted by atomic mass is 9.47. The molecule has 0 aromatic carbocycles. The van der Waals surface area contributed by atoms with Crippen molar-refractivity contribution in [3.8, 4) is 0 Å². The fourth-order valence-corrected chi connectivity index (χ4v) is 9.04. The predicted octanol–water partition coefficient (Wildman–Crippen LogP) is 6.54. The minimum atomic E-state index is -0.695. The van der Waals surface area contributed by atoms with Crippen LogP contribution in [0.3, 0.4) is 0 Å². The SMILES string of the molecule is CC(=O)OC1CC[C@]2(C)C3=CC[C@@]4(C)[C@@H](CC[C@@H]4[C@@](C)(O)CCC=C(C)C)[C@@H]3CC(OC(C)=O)C2C1. The van der Waals surface area contributed by atoms with Crippen LogP contribution in [0.15, 0.2) is 23.3 Å². The summed E-state index contributed by atoms with van der Waals surface area (Å²) in [6.07, 6.45) is 12.7. The van der Waals surface area contributed by atoms with Crippen molar-refractivity contribution in [3.05, 3.63) is 23.3 Å². The number of allylic oxidation sites excluding steroid dienone is 4. The van der Waals surface area contributed by atoms with E-state index in [1.807, 2.05) is 0 Å². The van der Waals surface area contributed by atoms with E-state index < -0.39 is 5.60 Å². The molecule has 0 bridgehead atoms. The van der Waals surface area contributed by atoms with Crippen molar-refractivity contribution < 1.29 is 24.2 Å². The molecule has 5 nitrogen and oxygen atoms in total. The second kappa shape index (κ2) is 9.93. The normalized spacial score (nSPS) is 41.1. The second-order valence-corrected chi connectivity index (χ2v) is 13.3. The number of hydrogen-bond donors (Lipinski definition) is 1. The molecule has 0 aromatic rings. The Labute approximate surface area is 218 Å². The van der Waals surface area contributed by atoms with Crippen LogP contribution in [0.5, 0.6) is 0 Å². The van der Waals surface area contributed by atoms with Gasteiger partial charge in [0.25, 0.3) is 0 Å². The van der Waals surface area contributed by atoms with Gasteiger partial charge in [0, 0.05) is 19.8 Å². The molecule has 202 valence electrons. The molecule has 1 N–H and O–H groups in total. The summed E-state index contributed by atoms with van der Waals surface area (Å²) in [6.45, 7) is 14.0. The maximum Gasteiger partial charge on any atom is 0.302 e. The van der Waals surface area contributed by atoms with E-state index in [9.17, 15) is 14.7 Å². The molecule has 36 heavy (non-hydrogen) atoms. The van der Waals surface area contributed by atoms with Crippen molar-refractivity contribution in [3.63, 3.8) is 0 Å². The average Bonchev–Trinajstić information content (AvgIpc) is 3.12. The quantitative estimate of drug-likeness (QED) is 0.331. The molecule has 3 unspecified atom stereocenters. The molecule has 0 amide bonds. The first kappa shape index (κ1) is 27.4. The molecule has 0 aliphatic heterocycles. The molecule has 4 aliphatic carbocycles. The van der Waals surface area contributed by atoms with Crippen molar-refractivity contribution in [2.24, 2.45) is 34.5 Å². The first-order valence-corrected chi connectivity index (χ1v) is 14.2. The highest BCUT2D eigenvalue weighted by atomic mass is 16.5. The lowest BCUT2D eigenvalue weighted by molar-refractivity contribution is -0.168. The van der Waals surface area contributed by atoms with E-state index in [-0.39, 0.29) is 46.8 Å². The van der Waals surface area contributed by atoms with Crippen LogP contribution >= 0.6 is 0 Å². The smallest absolute Gasteiger partial charge is 0.302 e. The number of carbonyl (C=O) groups excluding carboxylic acids is 2. The summed E-state index contributed by atoms with van der Waals surface area (Å²) in [4.78, 5) is 23.8. The van der Waals surface area contributed by atoms with Gasteiger partial charge in [-0.3, -0.25) is 9.59 Å². The van der Waals surface area contributed by atoms with E-state index in [1.54, 1.807) is 5.57 Å². The molecule has 0 radical (unpaired) electrons. The Morgan fingerprint density at radius 2 is 1.75 bits per heavy atom. The third kappa shape index (κ3) is 4.93. The minimum absolute atomic E-state index is 0.0432. The highest BCUT2D eigenvalue weighted by Crippen LogP contribution is 2.67. The Bertz CT molecular complexity index is 927. The van der Waals surface area contributed by atoms with Gasteiger partial charge >= 0.3 is 11.9 Å². The van der Waals surface area contributed by atoms with Crippen molar-refractivity contribution in [2.45, 2.75) is 124 Å². The lowest BCUT2D eigenvalue weighted by Crippen LogP contribution is -2.55. The first-order chi connectivity index (χ1) is 16.8. The van der Waals surface area contributed by atoms with Crippen LogP contribution in [-0.4, -0.2) is 34.9 Å². The fraction of sp³-hybridized carbons (Fsp3) is 0.806. The summed E-state index contributed by atoms with van der Waals surface area (Å²) in [6, 6.07) is 0. The molecule has 3 saturated carbocycles. The van der Waals surface area contributed by atoms with Crippen molar-refractivity contribution >= 4 is 11.9 Å². The molecular weight excluding hydrogens is 452 g/mol. The molecule has 3 fully saturated rings. The Balaban J connectivity index is 1.63. The number of ether oxygens (including phenoxy) is 2. The van der Waals surface area contributed by atoms with Crippen LogP contribution in [0.25, 0.3) is 0 Å². The van der Waals surface area contributed by atoms with Crippen molar-refractivity contribution in [1.29, 1.82) is 0 Å². The summed E-state index contributed by atoms with van der Waals surface area (Å²) >= 11 is 0. The zero-order chi connectivity index (χ0) is 26.5. The van der Waals surface area contributed by atoms with E-state index in [1.165, 1.54) is 19.4 Å². The Morgan fingerprint density at radius 3 is 2.39 bits per heavy atom. The van der Waals surface area contributed by atoms with Gasteiger partial charge in [-0.25, -0.2) is 0 Å². The van der Waals surface area contributed by atoms with Gasteiger partial charge in [-0.15, -0.1) is 0 Å². The Hall–Kier alpha value is -1.62. The van der Waals surface area contributed by atoms with Gasteiger partial charge in [0.1, 0.15) is 12.2 Å². The van der Waals surface area contributed by atoms with Crippen LogP contribution in [0, 0.1) is 34.5 Å². The topological polar surface area (TPSA) is 72.8 Å². The molecule has 4 rings (SSSR count). The zero-order valence-electron chi connectivity index (χ0n) is 23.6. The summed E-state index contributed by atoms with van der Waals surface area (Å²) in [7, 11) is 0. The molecule has 0 aromatic heterocycles. The molecule has 0 heterocycles. The van der Waals surface area contributed by atoms with Crippen LogP contribution in [-0.2, 0) is 19.1 Å². The fourth-order valence-electron chi connectivity index (χ4n) is 9.04. The first-order valence-electron chi connectivity index (χ1n) is 14.2. The number of rotatable bonds is 6. The second-order valence-electron chi connectivity index (χ2n) is 13.3. The van der Waals surface area contributed by atoms with Crippen molar-refractivity contribution in [2.75, 3.05) is 0 Å². The molecule has 4 aliphatic rings. The summed E-state index contributed by atoms with van der Waals surface area (Å²) in [5, 5.41) is 11.7. The standard InChI is InChI=1S/C31H48O5/c1-19(2)9-8-14-31(7,34)28-11-10-24-23-18-27(36-21(4)33)26-17-22(35-20(3)32)12-15-29(26,5)25(23)13-16-30(24,28)6/h9,13,22-24,26-28,34H,8,10-12,14-18H2,1-7H3/t22?,23-,24-,26?,27?,28-,29+,30-,31-/m0/s1. The average molecular weight is 501 g/mol. The molecule has 5 heteroatoms. The highest BCUT2D eigenvalue weighted by Gasteiger charge is 2.62. The van der Waals surface area contributed by atoms with E-state index in [2.05, 4.69) is 46.8 Å². The van der Waals surface area contributed by atoms with Crippen molar-refractivity contribution in [1.82, 2.24) is 0 Å². The maximum atomic E-state index is 12.2. The largest absolute Gasteiger partial charge is 0.463 e. The third-order valence-electron chi connectivity index (χ3n) is 10.6. The number of carbonyl (C=O) groups is 2. The van der Waals surface area contributed by atoms with Gasteiger partial charge in [-0.2, -0.15) is 0 Å². The van der Waals surface area contributed by atoms with E-state index in [4.69, 9.17) is 9.47 Å². The van der Waals surface area contributed by atoms with Gasteiger partial charge in [0.2, 0.25) is 0 Å². The summed E-state index contributed by atoms with van der Waals surface area (Å²) in [5.74, 6) is 0.821. The number of aliphatic hydroxyl groups is 1. The Kier molecular flexibility index (Phi) is 7.56. The molecule has 0 spiro atoms. The minimum Gasteiger partial charge on any atom is -0.463 e. The van der Waals surface area contributed by atoms with Gasteiger partial charge in [-0.1, -0.05) is 37.1 Å². The molecule has 9 atom stereocenters. The van der Waals surface area contributed by atoms with E-state index >= 15 is 0 Å². The highest BCUT2D eigenvalue weighted by molar-refractivity contribution is 5.66. The monoisotopic (exact) mass is 500 g/mol. The summed E-state index contributed by atoms with van der Waals surface area (Å²) in [5.41, 5.74) is 2.15. The summed E-state index contributed by atoms with van der Waals surface area (Å²) < 4.78 is 11.6. The van der Waals surface area contributed by atoms with E-state index in [0.29, 0.717) is 11.8 Å². The number of esters is 2. The van der Waals surface area contributed by atoms with Gasteiger partial charge < -0.3 is 14.6 Å². The molecule has 0 saturated heterocycles. The van der Waals surface area contributed by atoms with Gasteiger partial charge in [0.15, 0.2) is 0 Å². The van der Waals surface area contributed by atoms with Gasteiger partial charge in [0.05, 0.1) is 5.60 Å². The van der Waals surface area contributed by atoms with E-state index in [0.717, 1.165) is 57.8 Å². The van der Waals surface area contributed by atoms with Crippen LogP contribution in [0.4, 0.5) is 0 Å². The molecular formula is C31H48O5. The van der Waals surface area contributed by atoms with Gasteiger partial charge in [-0.05, 0) is 107 Å².